The third-order valence-electron chi connectivity index (χ3n) is 12.3. The van der Waals surface area contributed by atoms with Crippen LogP contribution >= 0.6 is 0 Å². The molecular formula is C52H59NO23. The molecule has 76 heavy (non-hydrogen) atoms. The van der Waals surface area contributed by atoms with Crippen molar-refractivity contribution in [1.29, 1.82) is 0 Å². The highest BCUT2D eigenvalue weighted by atomic mass is 16.8. The zero-order chi connectivity index (χ0) is 55.0. The van der Waals surface area contributed by atoms with Crippen LogP contribution in [0.3, 0.4) is 0 Å². The first kappa shape index (κ1) is 56.7. The van der Waals surface area contributed by atoms with Crippen LogP contribution in [0, 0.1) is 0 Å². The van der Waals surface area contributed by atoms with Gasteiger partial charge < -0.3 is 71.4 Å². The number of carbonyl (C=O) groups is 8. The molecule has 0 aromatic heterocycles. The lowest BCUT2D eigenvalue weighted by atomic mass is 9.93. The zero-order valence-corrected chi connectivity index (χ0v) is 42.7. The van der Waals surface area contributed by atoms with Crippen molar-refractivity contribution in [3.63, 3.8) is 0 Å². The molecule has 410 valence electrons. The maximum atomic E-state index is 14.6. The maximum absolute atomic E-state index is 14.6. The summed E-state index contributed by atoms with van der Waals surface area (Å²) in [5.41, 5.74) is 0.751. The zero-order valence-electron chi connectivity index (χ0n) is 42.7. The monoisotopic (exact) mass is 1070 g/mol. The Hall–Kier alpha value is -7.06. The van der Waals surface area contributed by atoms with Crippen LogP contribution in [-0.4, -0.2) is 170 Å². The van der Waals surface area contributed by atoms with Gasteiger partial charge in [0, 0.05) is 41.5 Å². The fourth-order valence-corrected chi connectivity index (χ4v) is 9.22. The largest absolute Gasteiger partial charge is 0.497 e. The normalized spacial score (nSPS) is 30.0. The fourth-order valence-electron chi connectivity index (χ4n) is 9.22. The van der Waals surface area contributed by atoms with Gasteiger partial charge in [0.05, 0.1) is 37.6 Å². The van der Waals surface area contributed by atoms with Crippen LogP contribution in [0.25, 0.3) is 0 Å². The Bertz CT molecular complexity index is 2540. The van der Waals surface area contributed by atoms with Gasteiger partial charge in [-0.05, 0) is 48.9 Å². The molecule has 2 amide bonds. The van der Waals surface area contributed by atoms with Gasteiger partial charge in [-0.25, -0.2) is 0 Å². The molecular weight excluding hydrogens is 1010 g/mol. The highest BCUT2D eigenvalue weighted by molar-refractivity contribution is 6.21. The lowest BCUT2D eigenvalue weighted by molar-refractivity contribution is -0.373. The number of benzene rings is 3. The number of rotatable bonds is 19. The number of methoxy groups -OCH3 is 1. The summed E-state index contributed by atoms with van der Waals surface area (Å²) in [7, 11) is 1.46. The van der Waals surface area contributed by atoms with Crippen molar-refractivity contribution in [1.82, 2.24) is 4.90 Å². The van der Waals surface area contributed by atoms with E-state index >= 15 is 0 Å². The molecule has 4 heterocycles. The van der Waals surface area contributed by atoms with E-state index in [1.807, 2.05) is 18.2 Å². The van der Waals surface area contributed by atoms with Gasteiger partial charge in [0.15, 0.2) is 43.1 Å². The lowest BCUT2D eigenvalue weighted by Crippen LogP contribution is -2.70. The minimum Gasteiger partial charge on any atom is -0.497 e. The summed E-state index contributed by atoms with van der Waals surface area (Å²) >= 11 is 0. The van der Waals surface area contributed by atoms with Gasteiger partial charge in [-0.3, -0.25) is 43.3 Å². The SMILES string of the molecule is COc1ccc(O[C@@H]2O[C@H](COCc3ccccc3)[C@@H](O)[C@H](O[C@@H]3O[C@H](COC(C)=O)[C@H](OC(C)=O)[C@H](O[C@@H]4O[C@@H](C)[C@H](OC(C)=O)[C@@H](OC(C)=O)[C@H]4OC(C)=O)[C@H]3OC(C)=O)[C@H]2N2C(=O)c3ccccc3C2=O)cc1. The molecule has 15 atom stereocenters. The number of fused-ring (bicyclic) bond motifs is 1. The average molecular weight is 1070 g/mol. The molecule has 3 aromatic rings. The first-order valence-electron chi connectivity index (χ1n) is 24.1. The van der Waals surface area contributed by atoms with Crippen LogP contribution in [-0.2, 0) is 92.2 Å². The van der Waals surface area contributed by atoms with Gasteiger partial charge in [0.25, 0.3) is 11.8 Å². The van der Waals surface area contributed by atoms with Crippen molar-refractivity contribution in [3.05, 3.63) is 95.6 Å². The van der Waals surface area contributed by atoms with Gasteiger partial charge in [-0.1, -0.05) is 42.5 Å². The third-order valence-corrected chi connectivity index (χ3v) is 12.3. The number of hydrogen-bond acceptors (Lipinski definition) is 23. The minimum absolute atomic E-state index is 0.00450. The van der Waals surface area contributed by atoms with Crippen molar-refractivity contribution in [2.75, 3.05) is 20.3 Å². The Labute approximate surface area is 435 Å². The molecule has 1 N–H and O–H groups in total. The van der Waals surface area contributed by atoms with Crippen molar-refractivity contribution in [3.8, 4) is 11.5 Å². The number of aliphatic hydroxyl groups excluding tert-OH is 1. The Balaban J connectivity index is 1.36. The molecule has 4 aliphatic rings. The molecule has 0 bridgehead atoms. The summed E-state index contributed by atoms with van der Waals surface area (Å²) in [6.07, 6.45) is -23.9. The van der Waals surface area contributed by atoms with Gasteiger partial charge in [0.2, 0.25) is 6.29 Å². The third kappa shape index (κ3) is 13.5. The highest BCUT2D eigenvalue weighted by Gasteiger charge is 2.61. The number of carbonyl (C=O) groups excluding carboxylic acids is 8. The van der Waals surface area contributed by atoms with Crippen molar-refractivity contribution >= 4 is 47.6 Å². The van der Waals surface area contributed by atoms with E-state index in [9.17, 15) is 43.5 Å². The first-order chi connectivity index (χ1) is 36.2. The first-order valence-corrected chi connectivity index (χ1v) is 24.1. The average Bonchev–Trinajstić information content (AvgIpc) is 3.62. The van der Waals surface area contributed by atoms with E-state index in [1.54, 1.807) is 36.4 Å². The maximum Gasteiger partial charge on any atom is 0.303 e. The molecule has 0 aliphatic carbocycles. The minimum atomic E-state index is -2.03. The van der Waals surface area contributed by atoms with Gasteiger partial charge in [-0.15, -0.1) is 0 Å². The Kier molecular flexibility index (Phi) is 18.8. The van der Waals surface area contributed by atoms with Crippen LogP contribution < -0.4 is 9.47 Å². The molecule has 3 aromatic carbocycles. The molecule has 24 nitrogen and oxygen atoms in total. The lowest BCUT2D eigenvalue weighted by Gasteiger charge is -2.51. The quantitative estimate of drug-likeness (QED) is 0.102. The van der Waals surface area contributed by atoms with Crippen LogP contribution in [0.15, 0.2) is 78.9 Å². The van der Waals surface area contributed by atoms with E-state index in [-0.39, 0.29) is 30.1 Å². The summed E-state index contributed by atoms with van der Waals surface area (Å²) in [5.74, 6) is -6.56. The van der Waals surface area contributed by atoms with Gasteiger partial charge >= 0.3 is 35.8 Å². The predicted octanol–water partition coefficient (Wildman–Crippen LogP) is 2.50. The van der Waals surface area contributed by atoms with E-state index in [1.165, 1.54) is 38.3 Å². The van der Waals surface area contributed by atoms with Crippen LogP contribution in [0.2, 0.25) is 0 Å². The molecule has 4 aliphatic heterocycles. The van der Waals surface area contributed by atoms with E-state index in [2.05, 4.69) is 0 Å². The molecule has 0 unspecified atom stereocenters. The van der Waals surface area contributed by atoms with Gasteiger partial charge in [0.1, 0.15) is 54.7 Å². The Morgan fingerprint density at radius 1 is 0.526 bits per heavy atom. The Morgan fingerprint density at radius 2 is 1.01 bits per heavy atom. The fraction of sp³-hybridized carbons (Fsp3) is 0.500. The molecule has 0 saturated carbocycles. The summed E-state index contributed by atoms with van der Waals surface area (Å²) in [6.45, 7) is 6.66. The van der Waals surface area contributed by atoms with E-state index < -0.39 is 146 Å². The standard InChI is InChI=1S/C52H59NO23/c1-25-41(67-27(3)55)44(69-29(5)57)46(70-30(6)58)51(66-25)76-45-42(68-28(4)56)38(24-65-26(2)54)74-52(47(45)71-31(7)59)75-43-39(53-48(61)35-16-12-13-17-36(35)49(53)62)50(72-34-20-18-33(63-8)19-21-34)73-37(40(43)60)23-64-22-32-14-10-9-11-15-32/h9-21,25,37-47,50-52,60H,22-24H2,1-8H3/t25-,37+,38+,39+,40+,41-,42-,43+,44+,45-,46+,47+,50+,51-,52-/m0/s1. The number of hydrogen-bond donors (Lipinski definition) is 1. The molecule has 0 spiro atoms. The summed E-state index contributed by atoms with van der Waals surface area (Å²) in [5, 5.41) is 12.6. The number of amides is 2. The smallest absolute Gasteiger partial charge is 0.303 e. The van der Waals surface area contributed by atoms with Crippen LogP contribution in [0.4, 0.5) is 0 Å². The van der Waals surface area contributed by atoms with Crippen LogP contribution in [0.5, 0.6) is 11.5 Å². The summed E-state index contributed by atoms with van der Waals surface area (Å²) in [6, 6.07) is 19.5. The van der Waals surface area contributed by atoms with Crippen LogP contribution in [0.1, 0.15) is 74.7 Å². The summed E-state index contributed by atoms with van der Waals surface area (Å²) in [4.78, 5) is 107. The topological polar surface area (TPSA) is 289 Å². The Morgan fingerprint density at radius 3 is 1.58 bits per heavy atom. The van der Waals surface area contributed by atoms with Gasteiger partial charge in [-0.2, -0.15) is 0 Å². The molecule has 3 saturated heterocycles. The molecule has 0 radical (unpaired) electrons. The molecule has 7 rings (SSSR count). The second-order valence-corrected chi connectivity index (χ2v) is 18.0. The summed E-state index contributed by atoms with van der Waals surface area (Å²) < 4.78 is 84.1. The van der Waals surface area contributed by atoms with Crippen molar-refractivity contribution in [2.24, 2.45) is 0 Å². The predicted molar refractivity (Wildman–Crippen MR) is 252 cm³/mol. The molecule has 3 fully saturated rings. The van der Waals surface area contributed by atoms with Crippen molar-refractivity contribution < 1.29 is 110 Å². The number of aliphatic hydroxyl groups is 1. The van der Waals surface area contributed by atoms with Crippen molar-refractivity contribution in [2.45, 2.75) is 147 Å². The van der Waals surface area contributed by atoms with E-state index in [0.717, 1.165) is 52.0 Å². The number of imide groups is 1. The second kappa shape index (κ2) is 25.2. The number of ether oxygens (including phenoxy) is 14. The van der Waals surface area contributed by atoms with E-state index in [0.29, 0.717) is 5.75 Å². The second-order valence-electron chi connectivity index (χ2n) is 18.0. The molecule has 24 heteroatoms. The number of nitrogens with zero attached hydrogens (tertiary/aromatic N) is 1. The number of esters is 6. The van der Waals surface area contributed by atoms with E-state index in [4.69, 9.17) is 66.3 Å². The highest BCUT2D eigenvalue weighted by Crippen LogP contribution is 2.40.